The normalized spacial score (nSPS) is 19.8. The number of nitrogens with two attached hydrogens (primary N) is 1. The van der Waals surface area contributed by atoms with Gasteiger partial charge in [-0.25, -0.2) is 37.7 Å². The van der Waals surface area contributed by atoms with Gasteiger partial charge in [0, 0.05) is 7.05 Å². The number of aliphatic carboxylic acids is 1. The number of pyridine rings is 1. The van der Waals surface area contributed by atoms with Crippen molar-refractivity contribution in [3.05, 3.63) is 41.7 Å². The van der Waals surface area contributed by atoms with Gasteiger partial charge >= 0.3 is 18.3 Å². The molecule has 1 aliphatic rings. The molecule has 2 atom stereocenters. The highest BCUT2D eigenvalue weighted by atomic mass is 32.2. The van der Waals surface area contributed by atoms with E-state index < -0.39 is 69.5 Å². The molecule has 0 saturated heterocycles. The fraction of sp³-hybridized carbons (Fsp3) is 0.391. The van der Waals surface area contributed by atoms with Crippen LogP contribution >= 0.6 is 0 Å². The van der Waals surface area contributed by atoms with E-state index >= 15 is 0 Å². The van der Waals surface area contributed by atoms with Crippen molar-refractivity contribution in [2.24, 2.45) is 15.1 Å². The number of aromatic nitrogens is 3. The fourth-order valence-electron chi connectivity index (χ4n) is 3.15. The van der Waals surface area contributed by atoms with Gasteiger partial charge in [-0.1, -0.05) is 5.92 Å². The van der Waals surface area contributed by atoms with E-state index in [4.69, 9.17) is 20.4 Å². The van der Waals surface area contributed by atoms with Crippen molar-refractivity contribution in [2.45, 2.75) is 31.7 Å². The Morgan fingerprint density at radius 3 is 2.39 bits per heavy atom. The number of hydrogen-bond acceptors (Lipinski definition) is 10. The summed E-state index contributed by atoms with van der Waals surface area (Å²) in [4.78, 5) is 37.6. The number of nitrogens with zero attached hydrogens (tertiary/aromatic N) is 6. The molecule has 2 aromatic rings. The van der Waals surface area contributed by atoms with Crippen molar-refractivity contribution in [2.75, 3.05) is 31.3 Å². The second kappa shape index (κ2) is 13.7. The number of hydrogen-bond donors (Lipinski definition) is 3. The molecule has 0 aromatic carbocycles. The average molecular weight is 657 g/mol. The van der Waals surface area contributed by atoms with Gasteiger partial charge in [0.05, 0.1) is 18.1 Å². The number of carboxylic acids is 1. The Labute approximate surface area is 245 Å². The third-order valence-corrected chi connectivity index (χ3v) is 7.71. The van der Waals surface area contributed by atoms with Crippen molar-refractivity contribution in [3.63, 3.8) is 0 Å². The highest BCUT2D eigenvalue weighted by Crippen LogP contribution is 2.34. The highest BCUT2D eigenvalue weighted by Gasteiger charge is 2.43. The third-order valence-electron chi connectivity index (χ3n) is 5.20. The van der Waals surface area contributed by atoms with Crippen LogP contribution in [0.25, 0.3) is 0 Å². The van der Waals surface area contributed by atoms with Crippen LogP contribution in [0.4, 0.5) is 36.6 Å². The van der Waals surface area contributed by atoms with Crippen LogP contribution in [0.1, 0.15) is 30.0 Å². The lowest BCUT2D eigenvalue weighted by Gasteiger charge is -2.36. The maximum Gasteiger partial charge on any atom is 0.490 e. The van der Waals surface area contributed by atoms with Crippen molar-refractivity contribution in [1.29, 1.82) is 0 Å². The first-order valence-electron chi connectivity index (χ1n) is 11.7. The molecule has 3 heterocycles. The molecule has 0 unspecified atom stereocenters. The zero-order chi connectivity index (χ0) is 33.5. The number of nitrogens with one attached hydrogen (secondary N) is 1. The smallest absolute Gasteiger partial charge is 0.475 e. The van der Waals surface area contributed by atoms with Crippen molar-refractivity contribution in [1.82, 2.24) is 19.3 Å². The zero-order valence-corrected chi connectivity index (χ0v) is 23.6. The van der Waals surface area contributed by atoms with Crippen molar-refractivity contribution < 1.29 is 54.4 Å². The number of carboxylic acid groups (broad SMARTS) is 1. The van der Waals surface area contributed by atoms with E-state index in [0.717, 1.165) is 22.6 Å². The molecule has 4 N–H and O–H groups in total. The van der Waals surface area contributed by atoms with Gasteiger partial charge in [0.25, 0.3) is 5.91 Å². The van der Waals surface area contributed by atoms with Crippen molar-refractivity contribution >= 4 is 33.6 Å². The number of rotatable bonds is 6. The molecular formula is C23H23F7N8O5S. The van der Waals surface area contributed by atoms with E-state index in [1.54, 1.807) is 6.92 Å². The van der Waals surface area contributed by atoms with E-state index in [2.05, 4.69) is 41.5 Å². The lowest BCUT2D eigenvalue weighted by molar-refractivity contribution is -0.192. The predicted molar refractivity (Wildman–Crippen MR) is 140 cm³/mol. The van der Waals surface area contributed by atoms with Crippen LogP contribution in [-0.2, 0) is 20.2 Å². The minimum absolute atomic E-state index is 0.0937. The summed E-state index contributed by atoms with van der Waals surface area (Å²) < 4.78 is 108. The molecule has 1 amide bonds. The second-order valence-electron chi connectivity index (χ2n) is 8.63. The van der Waals surface area contributed by atoms with Crippen LogP contribution in [0.15, 0.2) is 33.9 Å². The summed E-state index contributed by atoms with van der Waals surface area (Å²) in [6.07, 6.45) is -7.43. The number of carbonyl (C=O) groups excluding carboxylic acids is 1. The summed E-state index contributed by atoms with van der Waals surface area (Å²) in [6.45, 7) is 1.35. The SMILES string of the molecule is CC#CCOc1cnc(C(=O)Nc2ccc(F)c([C@]3(C)C[S@@](=O)(=NCC(F)(F)F)N(C)C(N)=N3)n2)cn1.O=C(O)C(F)(F)F. The molecule has 2 aromatic heterocycles. The molecule has 1 aliphatic heterocycles. The Balaban J connectivity index is 0.000000860. The first-order chi connectivity index (χ1) is 20.2. The van der Waals surface area contributed by atoms with Crippen LogP contribution in [-0.4, -0.2) is 84.7 Å². The number of halogens is 7. The molecule has 0 radical (unpaired) electrons. The van der Waals surface area contributed by atoms with E-state index in [-0.39, 0.29) is 24.0 Å². The molecule has 0 spiro atoms. The first-order valence-corrected chi connectivity index (χ1v) is 13.3. The van der Waals surface area contributed by atoms with E-state index in [1.807, 2.05) is 0 Å². The lowest BCUT2D eigenvalue weighted by Crippen LogP contribution is -2.51. The zero-order valence-electron chi connectivity index (χ0n) is 22.8. The maximum atomic E-state index is 14.8. The number of alkyl halides is 6. The van der Waals surface area contributed by atoms with Crippen LogP contribution in [0.2, 0.25) is 0 Å². The van der Waals surface area contributed by atoms with Crippen LogP contribution in [0.5, 0.6) is 5.88 Å². The van der Waals surface area contributed by atoms with Gasteiger partial charge in [0.1, 0.15) is 45.0 Å². The Morgan fingerprint density at radius 1 is 1.23 bits per heavy atom. The Hall–Kier alpha value is -4.74. The van der Waals surface area contributed by atoms with Gasteiger partial charge in [0.2, 0.25) is 11.8 Å². The fourth-order valence-corrected chi connectivity index (χ4v) is 5.23. The van der Waals surface area contributed by atoms with E-state index in [1.165, 1.54) is 20.2 Å². The Kier molecular flexibility index (Phi) is 11.0. The van der Waals surface area contributed by atoms with Gasteiger partial charge in [-0.05, 0) is 26.0 Å². The minimum atomic E-state index is -5.08. The molecule has 44 heavy (non-hydrogen) atoms. The predicted octanol–water partition coefficient (Wildman–Crippen LogP) is 2.72. The summed E-state index contributed by atoms with van der Waals surface area (Å²) in [5.41, 5.74) is 3.54. The van der Waals surface area contributed by atoms with Gasteiger partial charge in [-0.3, -0.25) is 9.10 Å². The molecule has 13 nitrogen and oxygen atoms in total. The number of guanidine groups is 1. The summed E-state index contributed by atoms with van der Waals surface area (Å²) in [6, 6.07) is 2.13. The Bertz CT molecular complexity index is 1600. The molecular weight excluding hydrogens is 633 g/mol. The summed E-state index contributed by atoms with van der Waals surface area (Å²) in [5, 5.41) is 9.55. The first kappa shape index (κ1) is 35.5. The molecule has 0 fully saturated rings. The maximum absolute atomic E-state index is 14.8. The largest absolute Gasteiger partial charge is 0.490 e. The van der Waals surface area contributed by atoms with Crippen LogP contribution in [0, 0.1) is 17.7 Å². The monoisotopic (exact) mass is 656 g/mol. The number of ether oxygens (including phenoxy) is 1. The number of anilines is 1. The van der Waals surface area contributed by atoms with E-state index in [9.17, 15) is 39.7 Å². The lowest BCUT2D eigenvalue weighted by atomic mass is 10.00. The average Bonchev–Trinajstić information content (AvgIpc) is 2.91. The molecule has 0 bridgehead atoms. The quantitative estimate of drug-likeness (QED) is 0.311. The summed E-state index contributed by atoms with van der Waals surface area (Å²) in [7, 11) is -2.59. The summed E-state index contributed by atoms with van der Waals surface area (Å²) in [5.74, 6) is -0.111. The standard InChI is InChI=1S/C21H22F4N8O3S.C2HF3O2/c1-4-5-8-36-16-10-27-14(9-28-16)18(34)31-15-7-6-13(22)17(30-15)20(2)12-37(35,29-11-21(23,24)25)33(3)19(26)32-20;3-2(4,5)1(6)7/h6-7,9-10H,8,11-12H2,1-3H3,(H2,26,32)(H,30,31,34);(H,6,7)/t20-,37+;/m0./s1. The minimum Gasteiger partial charge on any atom is -0.475 e. The third kappa shape index (κ3) is 9.65. The molecule has 0 aliphatic carbocycles. The van der Waals surface area contributed by atoms with Crippen LogP contribution < -0.4 is 15.8 Å². The molecule has 240 valence electrons. The molecule has 3 rings (SSSR count). The number of amides is 1. The topological polar surface area (TPSA) is 185 Å². The highest BCUT2D eigenvalue weighted by molar-refractivity contribution is 7.92. The van der Waals surface area contributed by atoms with Gasteiger partial charge in [-0.15, -0.1) is 5.92 Å². The van der Waals surface area contributed by atoms with Crippen molar-refractivity contribution in [3.8, 4) is 17.7 Å². The number of aliphatic imine (C=N–C) groups is 1. The molecule has 0 saturated carbocycles. The Morgan fingerprint density at radius 2 is 1.86 bits per heavy atom. The van der Waals surface area contributed by atoms with Gasteiger partial charge < -0.3 is 20.9 Å². The van der Waals surface area contributed by atoms with Crippen LogP contribution in [0.3, 0.4) is 0 Å². The number of carbonyl (C=O) groups is 2. The molecule has 21 heteroatoms. The second-order valence-corrected chi connectivity index (χ2v) is 10.9. The van der Waals surface area contributed by atoms with Gasteiger partial charge in [0.15, 0.2) is 6.61 Å². The van der Waals surface area contributed by atoms with Gasteiger partial charge in [-0.2, -0.15) is 26.3 Å². The van der Waals surface area contributed by atoms with E-state index in [0.29, 0.717) is 0 Å². The summed E-state index contributed by atoms with van der Waals surface area (Å²) >= 11 is 0.